The van der Waals surface area contributed by atoms with Gasteiger partial charge in [-0.3, -0.25) is 14.4 Å². The maximum atomic E-state index is 13.0. The highest BCUT2D eigenvalue weighted by Gasteiger charge is 2.47. The Morgan fingerprint density at radius 2 is 1.70 bits per heavy atom. The average Bonchev–Trinajstić information content (AvgIpc) is 3.25. The van der Waals surface area contributed by atoms with Crippen LogP contribution in [0.1, 0.15) is 42.5 Å². The zero-order valence-corrected chi connectivity index (χ0v) is 19.5. The van der Waals surface area contributed by atoms with Gasteiger partial charge in [-0.15, -0.1) is 0 Å². The maximum Gasteiger partial charge on any atom is 0.253 e. The van der Waals surface area contributed by atoms with Crippen LogP contribution in [-0.2, 0) is 9.59 Å². The van der Waals surface area contributed by atoms with Crippen molar-refractivity contribution in [2.45, 2.75) is 38.1 Å². The van der Waals surface area contributed by atoms with Crippen molar-refractivity contribution in [3.05, 3.63) is 29.8 Å². The lowest BCUT2D eigenvalue weighted by Gasteiger charge is -2.53. The Hall–Kier alpha value is -2.61. The Kier molecular flexibility index (Phi) is 6.03. The lowest BCUT2D eigenvalue weighted by molar-refractivity contribution is -0.127. The van der Waals surface area contributed by atoms with Gasteiger partial charge in [0.25, 0.3) is 5.91 Å². The molecule has 1 unspecified atom stereocenters. The molecule has 3 aliphatic heterocycles. The molecule has 1 atom stereocenters. The van der Waals surface area contributed by atoms with E-state index in [0.29, 0.717) is 13.0 Å². The molecule has 8 heteroatoms. The first kappa shape index (κ1) is 22.2. The van der Waals surface area contributed by atoms with E-state index in [2.05, 4.69) is 39.6 Å². The summed E-state index contributed by atoms with van der Waals surface area (Å²) in [5, 5.41) is 5.87. The summed E-state index contributed by atoms with van der Waals surface area (Å²) in [6.07, 6.45) is 4.26. The minimum absolute atomic E-state index is 0.000246. The number of likely N-dealkylation sites (N-methyl/N-ethyl adjacent to an activating group) is 1. The molecule has 3 heterocycles. The van der Waals surface area contributed by atoms with Crippen molar-refractivity contribution in [2.24, 2.45) is 11.3 Å². The second kappa shape index (κ2) is 8.97. The van der Waals surface area contributed by atoms with Crippen molar-refractivity contribution in [2.75, 3.05) is 57.8 Å². The first-order valence-electron chi connectivity index (χ1n) is 12.3. The third-order valence-electron chi connectivity index (χ3n) is 8.06. The maximum absolute atomic E-state index is 13.0. The molecule has 8 nitrogen and oxygen atoms in total. The van der Waals surface area contributed by atoms with E-state index in [-0.39, 0.29) is 35.1 Å². The van der Waals surface area contributed by atoms with Gasteiger partial charge >= 0.3 is 0 Å². The number of nitrogens with zero attached hydrogens (tertiary/aromatic N) is 3. The highest BCUT2D eigenvalue weighted by molar-refractivity contribution is 5.95. The molecule has 0 bridgehead atoms. The predicted octanol–water partition coefficient (Wildman–Crippen LogP) is 1.08. The Morgan fingerprint density at radius 3 is 2.30 bits per heavy atom. The third kappa shape index (κ3) is 4.71. The highest BCUT2D eigenvalue weighted by atomic mass is 16.2. The first-order valence-corrected chi connectivity index (χ1v) is 12.3. The second-order valence-electron chi connectivity index (χ2n) is 10.5. The summed E-state index contributed by atoms with van der Waals surface area (Å²) in [7, 11) is 2.15. The van der Waals surface area contributed by atoms with Crippen LogP contribution in [0.25, 0.3) is 0 Å². The summed E-state index contributed by atoms with van der Waals surface area (Å²) in [5.74, 6) is -0.141. The van der Waals surface area contributed by atoms with Gasteiger partial charge in [-0.2, -0.15) is 0 Å². The number of anilines is 1. The van der Waals surface area contributed by atoms with Crippen LogP contribution in [0.2, 0.25) is 0 Å². The largest absolute Gasteiger partial charge is 0.369 e. The highest BCUT2D eigenvalue weighted by Crippen LogP contribution is 2.44. The summed E-state index contributed by atoms with van der Waals surface area (Å²) < 4.78 is 0. The number of benzene rings is 1. The molecule has 1 aromatic rings. The summed E-state index contributed by atoms with van der Waals surface area (Å²) in [4.78, 5) is 43.4. The molecule has 178 valence electrons. The van der Waals surface area contributed by atoms with Crippen LogP contribution in [0.4, 0.5) is 5.69 Å². The Morgan fingerprint density at radius 1 is 1.03 bits per heavy atom. The fourth-order valence-corrected chi connectivity index (χ4v) is 5.77. The van der Waals surface area contributed by atoms with Gasteiger partial charge in [0.1, 0.15) is 0 Å². The molecule has 1 aliphatic carbocycles. The van der Waals surface area contributed by atoms with Crippen molar-refractivity contribution in [3.8, 4) is 0 Å². The fourth-order valence-electron chi connectivity index (χ4n) is 5.77. The van der Waals surface area contributed by atoms with Gasteiger partial charge in [-0.1, -0.05) is 0 Å². The van der Waals surface area contributed by atoms with Crippen molar-refractivity contribution >= 4 is 23.4 Å². The standard InChI is InChI=1S/C25H35N5O3/c1-28-10-12-29(13-11-28)21-4-2-18(3-5-21)24(33)30-16-25(17-30)8-6-20(7-9-25)27-23(32)19-14-22(31)26-15-19/h2-5,19-20H,6-17H2,1H3,(H,26,31)(H,27,32). The van der Waals surface area contributed by atoms with E-state index >= 15 is 0 Å². The van der Waals surface area contributed by atoms with Crippen molar-refractivity contribution in [3.63, 3.8) is 0 Å². The van der Waals surface area contributed by atoms with E-state index in [1.807, 2.05) is 17.0 Å². The number of nitrogens with one attached hydrogen (secondary N) is 2. The van der Waals surface area contributed by atoms with E-state index in [1.165, 1.54) is 5.69 Å². The lowest BCUT2D eigenvalue weighted by atomic mass is 9.67. The summed E-state index contributed by atoms with van der Waals surface area (Å²) in [5.41, 5.74) is 2.17. The molecule has 1 spiro atoms. The van der Waals surface area contributed by atoms with Crippen LogP contribution in [0.5, 0.6) is 0 Å². The molecule has 0 aromatic heterocycles. The summed E-state index contributed by atoms with van der Waals surface area (Å²) in [6, 6.07) is 8.28. The van der Waals surface area contributed by atoms with Crippen molar-refractivity contribution in [1.82, 2.24) is 20.4 Å². The monoisotopic (exact) mass is 453 g/mol. The van der Waals surface area contributed by atoms with Crippen LogP contribution in [0, 0.1) is 11.3 Å². The van der Waals surface area contributed by atoms with Crippen molar-refractivity contribution < 1.29 is 14.4 Å². The molecule has 4 fully saturated rings. The molecule has 0 radical (unpaired) electrons. The molecule has 5 rings (SSSR count). The Balaban J connectivity index is 1.08. The smallest absolute Gasteiger partial charge is 0.253 e. The number of likely N-dealkylation sites (tertiary alicyclic amines) is 1. The molecular formula is C25H35N5O3. The van der Waals surface area contributed by atoms with Gasteiger partial charge in [-0.05, 0) is 57.0 Å². The Labute approximate surface area is 195 Å². The number of hydrogen-bond donors (Lipinski definition) is 2. The molecule has 1 aromatic carbocycles. The lowest BCUT2D eigenvalue weighted by Crippen LogP contribution is -2.60. The SMILES string of the molecule is CN1CCN(c2ccc(C(=O)N3CC4(CCC(NC(=O)C5CNC(=O)C5)CC4)C3)cc2)CC1. The average molecular weight is 454 g/mol. The topological polar surface area (TPSA) is 85.0 Å². The van der Waals surface area contributed by atoms with E-state index in [1.54, 1.807) is 0 Å². The predicted molar refractivity (Wildman–Crippen MR) is 126 cm³/mol. The van der Waals surface area contributed by atoms with Gasteiger partial charge in [-0.25, -0.2) is 0 Å². The van der Waals surface area contributed by atoms with Crippen LogP contribution in [-0.4, -0.2) is 86.4 Å². The minimum Gasteiger partial charge on any atom is -0.369 e. The van der Waals surface area contributed by atoms with Gasteiger partial charge in [0.05, 0.1) is 5.92 Å². The van der Waals surface area contributed by atoms with Gasteiger partial charge in [0, 0.05) is 74.9 Å². The molecular weight excluding hydrogens is 418 g/mol. The third-order valence-corrected chi connectivity index (χ3v) is 8.06. The van der Waals surface area contributed by atoms with E-state index in [0.717, 1.165) is 70.5 Å². The number of carbonyl (C=O) groups excluding carboxylic acids is 3. The van der Waals surface area contributed by atoms with Gasteiger partial charge in [0.15, 0.2) is 0 Å². The van der Waals surface area contributed by atoms with Gasteiger partial charge < -0.3 is 25.3 Å². The first-order chi connectivity index (χ1) is 15.9. The quantitative estimate of drug-likeness (QED) is 0.713. The zero-order valence-electron chi connectivity index (χ0n) is 19.5. The minimum atomic E-state index is -0.229. The second-order valence-corrected chi connectivity index (χ2v) is 10.5. The molecule has 3 saturated heterocycles. The molecule has 33 heavy (non-hydrogen) atoms. The van der Waals surface area contributed by atoms with Crippen LogP contribution in [0.3, 0.4) is 0 Å². The molecule has 4 aliphatic rings. The van der Waals surface area contributed by atoms with Crippen LogP contribution >= 0.6 is 0 Å². The van der Waals surface area contributed by atoms with Gasteiger partial charge in [0.2, 0.25) is 11.8 Å². The number of carbonyl (C=O) groups is 3. The number of piperazine rings is 1. The van der Waals surface area contributed by atoms with E-state index < -0.39 is 0 Å². The van der Waals surface area contributed by atoms with Crippen LogP contribution in [0.15, 0.2) is 24.3 Å². The molecule has 1 saturated carbocycles. The normalized spacial score (nSPS) is 25.6. The van der Waals surface area contributed by atoms with E-state index in [9.17, 15) is 14.4 Å². The Bertz CT molecular complexity index is 893. The molecule has 2 N–H and O–H groups in total. The zero-order chi connectivity index (χ0) is 23.0. The molecule has 3 amide bonds. The van der Waals surface area contributed by atoms with E-state index in [4.69, 9.17) is 0 Å². The fraction of sp³-hybridized carbons (Fsp3) is 0.640. The number of hydrogen-bond acceptors (Lipinski definition) is 5. The van der Waals surface area contributed by atoms with Crippen LogP contribution < -0.4 is 15.5 Å². The number of amides is 3. The summed E-state index contributed by atoms with van der Waals surface area (Å²) >= 11 is 0. The summed E-state index contributed by atoms with van der Waals surface area (Å²) in [6.45, 7) is 6.26. The number of rotatable bonds is 4. The van der Waals surface area contributed by atoms with Crippen molar-refractivity contribution in [1.29, 1.82) is 0 Å².